The molecule has 0 radical (unpaired) electrons. The zero-order valence-corrected chi connectivity index (χ0v) is 29.4. The van der Waals surface area contributed by atoms with E-state index in [1.165, 1.54) is 0 Å². The van der Waals surface area contributed by atoms with Gasteiger partial charge in [0.25, 0.3) is 0 Å². The van der Waals surface area contributed by atoms with E-state index < -0.39 is 0 Å². The number of amidine groups is 8. The molecule has 56 heavy (non-hydrogen) atoms. The van der Waals surface area contributed by atoms with E-state index in [0.29, 0.717) is 46.7 Å². The zero-order valence-electron chi connectivity index (χ0n) is 29.4. The summed E-state index contributed by atoms with van der Waals surface area (Å²) in [6.07, 6.45) is 0. The van der Waals surface area contributed by atoms with Gasteiger partial charge in [-0.3, -0.25) is 0 Å². The first kappa shape index (κ1) is 29.6. The maximum Gasteiger partial charge on any atom is 0.164 e. The summed E-state index contributed by atoms with van der Waals surface area (Å²) in [5, 5.41) is 8.70. The van der Waals surface area contributed by atoms with Crippen molar-refractivity contribution < 1.29 is 0 Å². The molecule has 0 saturated heterocycles. The molecule has 0 amide bonds. The van der Waals surface area contributed by atoms with Crippen molar-refractivity contribution in [2.75, 3.05) is 0 Å². The Morgan fingerprint density at radius 2 is 0.304 bits per heavy atom. The summed E-state index contributed by atoms with van der Waals surface area (Å²) >= 11 is 0. The molecule has 8 aromatic carbocycles. The molecule has 0 N–H and O–H groups in total. The summed E-state index contributed by atoms with van der Waals surface area (Å²) in [6.45, 7) is 0. The fourth-order valence-electron chi connectivity index (χ4n) is 8.41. The molecule has 0 unspecified atom stereocenters. The first-order valence-corrected chi connectivity index (χ1v) is 18.5. The molecule has 0 atom stereocenters. The number of fused-ring (bicyclic) bond motifs is 20. The Morgan fingerprint density at radius 3 is 0.429 bits per heavy atom. The summed E-state index contributed by atoms with van der Waals surface area (Å²) in [5.74, 6) is 4.28. The average Bonchev–Trinajstić information content (AvgIpc) is 3.95. The van der Waals surface area contributed by atoms with Gasteiger partial charge in [0.1, 0.15) is 0 Å². The fourth-order valence-corrected chi connectivity index (χ4v) is 8.41. The summed E-state index contributed by atoms with van der Waals surface area (Å²) in [7, 11) is 0. The fraction of sp³-hybridized carbons (Fsp3) is 0. The Bertz CT molecular complexity index is 2990. The predicted octanol–water partition coefficient (Wildman–Crippen LogP) is 9.44. The van der Waals surface area contributed by atoms with Crippen LogP contribution in [-0.2, 0) is 0 Å². The van der Waals surface area contributed by atoms with Crippen molar-refractivity contribution in [2.45, 2.75) is 0 Å². The van der Waals surface area contributed by atoms with Crippen molar-refractivity contribution >= 4 is 89.8 Å². The molecule has 8 bridgehead atoms. The van der Waals surface area contributed by atoms with E-state index in [9.17, 15) is 0 Å². The predicted molar refractivity (Wildman–Crippen MR) is 228 cm³/mol. The number of hydrogen-bond acceptors (Lipinski definition) is 8. The number of hydrogen-bond donors (Lipinski definition) is 0. The quantitative estimate of drug-likeness (QED) is 0.150. The van der Waals surface area contributed by atoms with Gasteiger partial charge in [-0.05, 0) is 91.6 Å². The van der Waals surface area contributed by atoms with E-state index in [1.807, 2.05) is 48.5 Å². The lowest BCUT2D eigenvalue weighted by Crippen LogP contribution is -2.03. The second-order valence-corrected chi connectivity index (χ2v) is 14.5. The molecule has 256 valence electrons. The molecule has 8 aromatic rings. The smallest absolute Gasteiger partial charge is 0.164 e. The lowest BCUT2D eigenvalue weighted by Gasteiger charge is -2.06. The van der Waals surface area contributed by atoms with Crippen LogP contribution in [0.1, 0.15) is 44.5 Å². The van der Waals surface area contributed by atoms with Gasteiger partial charge in [0.2, 0.25) is 0 Å². The molecule has 0 saturated carbocycles. The maximum atomic E-state index is 5.24. The highest BCUT2D eigenvalue weighted by atomic mass is 15.1. The molecule has 5 aliphatic rings. The lowest BCUT2D eigenvalue weighted by molar-refractivity contribution is 1.49. The van der Waals surface area contributed by atoms with E-state index in [4.69, 9.17) is 39.9 Å². The monoisotopic (exact) mass is 712 g/mol. The molecule has 0 aliphatic carbocycles. The van der Waals surface area contributed by atoms with Crippen LogP contribution in [0.15, 0.2) is 186 Å². The van der Waals surface area contributed by atoms with Gasteiger partial charge in [0.15, 0.2) is 46.7 Å². The van der Waals surface area contributed by atoms with E-state index in [2.05, 4.69) is 97.1 Å². The first-order chi connectivity index (χ1) is 27.7. The van der Waals surface area contributed by atoms with Crippen LogP contribution in [0.4, 0.5) is 0 Å². The molecule has 13 rings (SSSR count). The maximum absolute atomic E-state index is 5.24. The van der Waals surface area contributed by atoms with Crippen LogP contribution < -0.4 is 0 Å². The third kappa shape index (κ3) is 4.29. The van der Waals surface area contributed by atoms with Gasteiger partial charge < -0.3 is 0 Å². The van der Waals surface area contributed by atoms with Gasteiger partial charge in [0.05, 0.1) is 0 Å². The molecule has 5 aliphatic heterocycles. The highest BCUT2D eigenvalue weighted by molar-refractivity contribution is 6.36. The third-order valence-corrected chi connectivity index (χ3v) is 11.2. The molecule has 8 nitrogen and oxygen atoms in total. The van der Waals surface area contributed by atoms with Crippen LogP contribution in [0.25, 0.3) is 43.1 Å². The summed E-state index contributed by atoms with van der Waals surface area (Å²) in [4.78, 5) is 41.6. The van der Waals surface area contributed by atoms with Crippen molar-refractivity contribution in [3.8, 4) is 0 Å². The molecule has 0 aromatic heterocycles. The van der Waals surface area contributed by atoms with Crippen molar-refractivity contribution in [3.05, 3.63) is 190 Å². The molecular formula is C48H24N8. The second kappa shape index (κ2) is 10.9. The Balaban J connectivity index is 1.13. The van der Waals surface area contributed by atoms with Gasteiger partial charge in [-0.15, -0.1) is 0 Å². The largest absolute Gasteiger partial charge is 0.208 e. The van der Waals surface area contributed by atoms with Crippen LogP contribution in [-0.4, -0.2) is 46.7 Å². The number of aliphatic imine (C=N–C) groups is 8. The van der Waals surface area contributed by atoms with E-state index in [1.54, 1.807) is 0 Å². The lowest BCUT2D eigenvalue weighted by atomic mass is 9.99. The first-order valence-electron chi connectivity index (χ1n) is 18.5. The van der Waals surface area contributed by atoms with E-state index in [-0.39, 0.29) is 0 Å². The topological polar surface area (TPSA) is 98.9 Å². The molecule has 0 fully saturated rings. The molecule has 8 heteroatoms. The SMILES string of the molecule is c1ccc2cc3c(cc2c1)C1=NC3=NC2=NC(=NC3=NC(=NC4=NC(=N1)c1cc5ccccc5cc14)c1cc4ccccc4cc13)c1cc3ccccc3cc12. The van der Waals surface area contributed by atoms with Crippen molar-refractivity contribution in [1.29, 1.82) is 0 Å². The van der Waals surface area contributed by atoms with Crippen LogP contribution in [0.3, 0.4) is 0 Å². The number of benzene rings is 8. The standard InChI is InChI=1S/C48H24N8/c1-2-10-26-18-34-33(17-25(26)9-1)41-49-42(34)54-44-37-21-29-13-5-6-14-30(29)22-38(37)46(51-44)56-48-40-24-32-16-8-7-15-31(32)23-39(40)47(52-48)55-45-36-20-28-12-4-3-11-27(28)19-35(36)43(50-45)53-41/h1-24H. The summed E-state index contributed by atoms with van der Waals surface area (Å²) < 4.78 is 0. The second-order valence-electron chi connectivity index (χ2n) is 14.5. The van der Waals surface area contributed by atoms with Crippen molar-refractivity contribution in [2.24, 2.45) is 39.9 Å². The minimum absolute atomic E-state index is 0.535. The Kier molecular flexibility index (Phi) is 5.74. The van der Waals surface area contributed by atoms with Gasteiger partial charge in [0, 0.05) is 44.5 Å². The molecule has 0 spiro atoms. The summed E-state index contributed by atoms with van der Waals surface area (Å²) in [5.41, 5.74) is 7.06. The van der Waals surface area contributed by atoms with Gasteiger partial charge in [-0.2, -0.15) is 0 Å². The minimum atomic E-state index is 0.535. The normalized spacial score (nSPS) is 16.0. The van der Waals surface area contributed by atoms with E-state index >= 15 is 0 Å². The minimum Gasteiger partial charge on any atom is -0.208 e. The van der Waals surface area contributed by atoms with Crippen LogP contribution in [0.2, 0.25) is 0 Å². The molecule has 5 heterocycles. The highest BCUT2D eigenvalue weighted by Crippen LogP contribution is 2.35. The van der Waals surface area contributed by atoms with Crippen molar-refractivity contribution in [1.82, 2.24) is 0 Å². The average molecular weight is 713 g/mol. The Hall–Kier alpha value is -7.84. The summed E-state index contributed by atoms with van der Waals surface area (Å²) in [6, 6.07) is 50.4. The van der Waals surface area contributed by atoms with Crippen molar-refractivity contribution in [3.63, 3.8) is 0 Å². The number of nitrogens with zero attached hydrogens (tertiary/aromatic N) is 8. The van der Waals surface area contributed by atoms with Crippen LogP contribution >= 0.6 is 0 Å². The zero-order chi connectivity index (χ0) is 36.5. The number of rotatable bonds is 0. The third-order valence-electron chi connectivity index (χ3n) is 11.2. The highest BCUT2D eigenvalue weighted by Gasteiger charge is 2.32. The van der Waals surface area contributed by atoms with Gasteiger partial charge >= 0.3 is 0 Å². The molecular weight excluding hydrogens is 689 g/mol. The van der Waals surface area contributed by atoms with Crippen LogP contribution in [0.5, 0.6) is 0 Å². The van der Waals surface area contributed by atoms with Gasteiger partial charge in [-0.1, -0.05) is 97.1 Å². The van der Waals surface area contributed by atoms with Gasteiger partial charge in [-0.25, -0.2) is 39.9 Å². The van der Waals surface area contributed by atoms with Crippen LogP contribution in [0, 0.1) is 0 Å². The Labute approximate surface area is 318 Å². The Morgan fingerprint density at radius 1 is 0.179 bits per heavy atom. The van der Waals surface area contributed by atoms with E-state index in [0.717, 1.165) is 87.6 Å².